The van der Waals surface area contributed by atoms with E-state index >= 15 is 0 Å². The molecule has 6 unspecified atom stereocenters. The Hall–Kier alpha value is -5.34. The van der Waals surface area contributed by atoms with Gasteiger partial charge in [0.1, 0.15) is 24.4 Å². The third-order valence-electron chi connectivity index (χ3n) is 10.2. The number of amides is 2. The summed E-state index contributed by atoms with van der Waals surface area (Å²) in [7, 11) is 0. The standard InChI is InChI=1S/C42H53N5O9/c1-27(20-22-43-41(51)53-26-31-14-8-7-9-15-31)42(5,6)21-13-23-52-40-37(44-28(2)48)39(55-30(4)50)38(54-29(3)49)36(56-40)25-47-24-35(45-46-47)34-19-12-17-32-16-10-11-18-33(32)34/h7-12,14-19,24,27,36-40H,13,20-23,25-26H2,1-6H3,(H,43,51)(H,44,48). The number of benzene rings is 3. The first kappa shape index (κ1) is 41.8. The van der Waals surface area contributed by atoms with Gasteiger partial charge in [-0.2, -0.15) is 0 Å². The van der Waals surface area contributed by atoms with Crippen molar-refractivity contribution in [3.63, 3.8) is 0 Å². The van der Waals surface area contributed by atoms with Crippen LogP contribution in [0.4, 0.5) is 4.79 Å². The minimum Gasteiger partial charge on any atom is -0.456 e. The lowest BCUT2D eigenvalue weighted by molar-refractivity contribution is -0.274. The summed E-state index contributed by atoms with van der Waals surface area (Å²) in [5.74, 6) is -1.41. The fourth-order valence-electron chi connectivity index (χ4n) is 6.92. The molecule has 5 rings (SSSR count). The molecule has 1 fully saturated rings. The third-order valence-corrected chi connectivity index (χ3v) is 10.2. The Balaban J connectivity index is 1.24. The van der Waals surface area contributed by atoms with Gasteiger partial charge in [-0.05, 0) is 46.9 Å². The Morgan fingerprint density at radius 2 is 1.61 bits per heavy atom. The highest BCUT2D eigenvalue weighted by atomic mass is 16.7. The number of hydrogen-bond acceptors (Lipinski definition) is 11. The van der Waals surface area contributed by atoms with E-state index in [9.17, 15) is 19.2 Å². The highest BCUT2D eigenvalue weighted by molar-refractivity contribution is 5.95. The molecule has 1 aliphatic heterocycles. The van der Waals surface area contributed by atoms with Crippen molar-refractivity contribution in [3.8, 4) is 11.3 Å². The number of nitrogens with one attached hydrogen (secondary N) is 2. The first-order valence-corrected chi connectivity index (χ1v) is 19.0. The van der Waals surface area contributed by atoms with Crippen LogP contribution < -0.4 is 10.6 Å². The minimum atomic E-state index is -1.13. The van der Waals surface area contributed by atoms with Crippen LogP contribution in [0.5, 0.6) is 0 Å². The average Bonchev–Trinajstić information content (AvgIpc) is 3.63. The Morgan fingerprint density at radius 1 is 0.911 bits per heavy atom. The number of rotatable bonds is 17. The van der Waals surface area contributed by atoms with Crippen LogP contribution in [0, 0.1) is 11.3 Å². The van der Waals surface area contributed by atoms with Gasteiger partial charge in [-0.15, -0.1) is 5.10 Å². The van der Waals surface area contributed by atoms with Crippen LogP contribution in [0.3, 0.4) is 0 Å². The van der Waals surface area contributed by atoms with Crippen LogP contribution >= 0.6 is 0 Å². The summed E-state index contributed by atoms with van der Waals surface area (Å²) >= 11 is 0. The number of ether oxygens (including phenoxy) is 5. The zero-order valence-electron chi connectivity index (χ0n) is 32.9. The van der Waals surface area contributed by atoms with Crippen LogP contribution in [-0.2, 0) is 51.2 Å². The Bertz CT molecular complexity index is 1930. The lowest BCUT2D eigenvalue weighted by Crippen LogP contribution is -2.66. The lowest BCUT2D eigenvalue weighted by Gasteiger charge is -2.45. The van der Waals surface area contributed by atoms with Gasteiger partial charge < -0.3 is 34.3 Å². The predicted molar refractivity (Wildman–Crippen MR) is 208 cm³/mol. The largest absolute Gasteiger partial charge is 0.456 e. The van der Waals surface area contributed by atoms with E-state index in [2.05, 4.69) is 41.7 Å². The molecule has 2 amide bonds. The molecule has 0 spiro atoms. The number of esters is 2. The molecule has 56 heavy (non-hydrogen) atoms. The predicted octanol–water partition coefficient (Wildman–Crippen LogP) is 5.97. The summed E-state index contributed by atoms with van der Waals surface area (Å²) in [5.41, 5.74) is 2.35. The topological polar surface area (TPSA) is 169 Å². The second-order valence-electron chi connectivity index (χ2n) is 14.9. The van der Waals surface area contributed by atoms with Crippen LogP contribution in [0.25, 0.3) is 22.0 Å². The van der Waals surface area contributed by atoms with Crippen LogP contribution in [0.15, 0.2) is 79.0 Å². The molecule has 0 aliphatic carbocycles. The Kier molecular flexibility index (Phi) is 14.6. The second kappa shape index (κ2) is 19.5. The normalized spacial score (nSPS) is 20.1. The highest BCUT2D eigenvalue weighted by Gasteiger charge is 2.51. The number of carbonyl (C=O) groups excluding carboxylic acids is 4. The van der Waals surface area contributed by atoms with Crippen molar-refractivity contribution in [1.82, 2.24) is 25.6 Å². The fraction of sp³-hybridized carbons (Fsp3) is 0.476. The molecule has 4 aromatic rings. The van der Waals surface area contributed by atoms with Gasteiger partial charge in [0.2, 0.25) is 5.91 Å². The summed E-state index contributed by atoms with van der Waals surface area (Å²) in [4.78, 5) is 49.5. The van der Waals surface area contributed by atoms with Crippen molar-refractivity contribution in [2.24, 2.45) is 11.3 Å². The third kappa shape index (κ3) is 11.6. The molecule has 6 atom stereocenters. The van der Waals surface area contributed by atoms with E-state index in [4.69, 9.17) is 23.7 Å². The van der Waals surface area contributed by atoms with Crippen molar-refractivity contribution < 1.29 is 42.9 Å². The van der Waals surface area contributed by atoms with Crippen LogP contribution in [-0.4, -0.2) is 82.7 Å². The number of nitrogens with zero attached hydrogens (tertiary/aromatic N) is 3. The number of aromatic nitrogens is 3. The van der Waals surface area contributed by atoms with Crippen molar-refractivity contribution in [2.45, 2.75) is 105 Å². The summed E-state index contributed by atoms with van der Waals surface area (Å²) in [6.45, 7) is 11.3. The number of hydrogen-bond donors (Lipinski definition) is 2. The Labute approximate surface area is 327 Å². The summed E-state index contributed by atoms with van der Waals surface area (Å²) < 4.78 is 31.2. The molecule has 1 saturated heterocycles. The van der Waals surface area contributed by atoms with E-state index in [1.54, 1.807) is 10.9 Å². The maximum absolute atomic E-state index is 12.5. The number of alkyl carbamates (subject to hydrolysis) is 1. The molecule has 0 radical (unpaired) electrons. The SMILES string of the molecule is CC(=O)NC1C(OCCCC(C)(C)C(C)CCNC(=O)OCc2ccccc2)OC(Cn2cc(-c3cccc4ccccc34)nn2)C(OC(C)=O)C1OC(C)=O. The van der Waals surface area contributed by atoms with Gasteiger partial charge in [0, 0.05) is 39.5 Å². The van der Waals surface area contributed by atoms with Gasteiger partial charge in [0.15, 0.2) is 18.5 Å². The Morgan fingerprint density at radius 3 is 2.34 bits per heavy atom. The average molecular weight is 772 g/mol. The van der Waals surface area contributed by atoms with Crippen molar-refractivity contribution in [3.05, 3.63) is 84.6 Å². The lowest BCUT2D eigenvalue weighted by atomic mass is 9.75. The smallest absolute Gasteiger partial charge is 0.407 e. The molecule has 1 aliphatic rings. The van der Waals surface area contributed by atoms with Gasteiger partial charge in [0.05, 0.1) is 12.7 Å². The molecular weight excluding hydrogens is 718 g/mol. The quantitative estimate of drug-likeness (QED) is 0.0738. The summed E-state index contributed by atoms with van der Waals surface area (Å²) in [6, 6.07) is 22.5. The molecule has 0 bridgehead atoms. The maximum atomic E-state index is 12.5. The monoisotopic (exact) mass is 771 g/mol. The van der Waals surface area contributed by atoms with Crippen molar-refractivity contribution in [1.29, 1.82) is 0 Å². The molecular formula is C42H53N5O9. The molecule has 14 heteroatoms. The number of carbonyl (C=O) groups is 4. The van der Waals surface area contributed by atoms with Gasteiger partial charge >= 0.3 is 18.0 Å². The van der Waals surface area contributed by atoms with Crippen LogP contribution in [0.2, 0.25) is 0 Å². The van der Waals surface area contributed by atoms with Crippen LogP contribution in [0.1, 0.15) is 66.4 Å². The molecule has 2 heterocycles. The second-order valence-corrected chi connectivity index (χ2v) is 14.9. The molecule has 3 aromatic carbocycles. The summed E-state index contributed by atoms with van der Waals surface area (Å²) in [6.07, 6.45) is -0.703. The molecule has 300 valence electrons. The van der Waals surface area contributed by atoms with Crippen molar-refractivity contribution >= 4 is 34.7 Å². The van der Waals surface area contributed by atoms with E-state index in [-0.39, 0.29) is 31.1 Å². The molecule has 1 aromatic heterocycles. The van der Waals surface area contributed by atoms with E-state index < -0.39 is 54.6 Å². The first-order valence-electron chi connectivity index (χ1n) is 19.0. The van der Waals surface area contributed by atoms with Gasteiger partial charge in [-0.3, -0.25) is 14.4 Å². The minimum absolute atomic E-state index is 0.0680. The van der Waals surface area contributed by atoms with Gasteiger partial charge in [-0.25, -0.2) is 9.48 Å². The maximum Gasteiger partial charge on any atom is 0.407 e. The molecule has 0 saturated carbocycles. The first-order chi connectivity index (χ1) is 26.8. The summed E-state index contributed by atoms with van der Waals surface area (Å²) in [5, 5.41) is 16.5. The van der Waals surface area contributed by atoms with E-state index in [0.29, 0.717) is 18.7 Å². The molecule has 14 nitrogen and oxygen atoms in total. The van der Waals surface area contributed by atoms with Gasteiger partial charge in [-0.1, -0.05) is 98.8 Å². The zero-order chi connectivity index (χ0) is 40.2. The van der Waals surface area contributed by atoms with E-state index in [1.165, 1.54) is 20.8 Å². The zero-order valence-corrected chi connectivity index (χ0v) is 32.9. The van der Waals surface area contributed by atoms with E-state index in [0.717, 1.165) is 34.7 Å². The van der Waals surface area contributed by atoms with Gasteiger partial charge in [0.25, 0.3) is 0 Å². The highest BCUT2D eigenvalue weighted by Crippen LogP contribution is 2.35. The van der Waals surface area contributed by atoms with E-state index in [1.807, 2.05) is 72.8 Å². The number of fused-ring (bicyclic) bond motifs is 1. The van der Waals surface area contributed by atoms with Crippen molar-refractivity contribution in [2.75, 3.05) is 13.2 Å². The fourth-order valence-corrected chi connectivity index (χ4v) is 6.92. The molecule has 2 N–H and O–H groups in total.